The third kappa shape index (κ3) is 6.38. The van der Waals surface area contributed by atoms with Crippen molar-refractivity contribution in [2.24, 2.45) is 0 Å². The Bertz CT molecular complexity index is 1370. The van der Waals surface area contributed by atoms with Crippen molar-refractivity contribution in [3.8, 4) is 11.6 Å². The molecule has 0 atom stereocenters. The lowest BCUT2D eigenvalue weighted by molar-refractivity contribution is 0.0978. The number of hydrogen-bond acceptors (Lipinski definition) is 8. The van der Waals surface area contributed by atoms with Crippen molar-refractivity contribution < 1.29 is 27.3 Å². The molecule has 0 spiro atoms. The number of ether oxygens (including phenoxy) is 1. The Labute approximate surface area is 216 Å². The molecule has 1 aromatic carbocycles. The van der Waals surface area contributed by atoms with Gasteiger partial charge in [-0.15, -0.1) is 0 Å². The Morgan fingerprint density at radius 3 is 2.33 bits per heavy atom. The second-order valence-corrected chi connectivity index (χ2v) is 11.2. The van der Waals surface area contributed by atoms with Gasteiger partial charge in [-0.05, 0) is 56.2 Å². The molecule has 3 rings (SSSR count). The number of aryl methyl sites for hydroxylation is 3. The SMILES string of the molecule is Cc1cc(C)c(Oc2nc(C(C)(C)C)ccc2C(=O)NS(=O)(=O)c2cccc(NCCO)n2)c(C)c1.[HH].[HH].[HH]. The highest BCUT2D eigenvalue weighted by molar-refractivity contribution is 7.90. The van der Waals surface area contributed by atoms with Gasteiger partial charge in [-0.25, -0.2) is 14.7 Å². The van der Waals surface area contributed by atoms with Crippen LogP contribution >= 0.6 is 0 Å². The number of aromatic nitrogens is 2. The van der Waals surface area contributed by atoms with Crippen LogP contribution in [0.5, 0.6) is 11.6 Å². The van der Waals surface area contributed by atoms with Crippen molar-refractivity contribution in [3.05, 3.63) is 70.4 Å². The van der Waals surface area contributed by atoms with Gasteiger partial charge >= 0.3 is 0 Å². The molecule has 0 aliphatic carbocycles. The minimum atomic E-state index is -4.30. The van der Waals surface area contributed by atoms with Crippen LogP contribution in [0.2, 0.25) is 0 Å². The Morgan fingerprint density at radius 2 is 1.72 bits per heavy atom. The summed E-state index contributed by atoms with van der Waals surface area (Å²) < 4.78 is 34.1. The lowest BCUT2D eigenvalue weighted by Crippen LogP contribution is -2.32. The molecule has 0 aliphatic rings. The molecule has 198 valence electrons. The molecular weight excluding hydrogens is 480 g/mol. The summed E-state index contributed by atoms with van der Waals surface area (Å²) in [4.78, 5) is 21.8. The van der Waals surface area contributed by atoms with Crippen LogP contribution in [0.25, 0.3) is 0 Å². The van der Waals surface area contributed by atoms with Gasteiger partial charge in [0.25, 0.3) is 15.9 Å². The Balaban J connectivity index is 0.00000481. The zero-order chi connectivity index (χ0) is 26.7. The molecule has 9 nitrogen and oxygen atoms in total. The summed E-state index contributed by atoms with van der Waals surface area (Å²) >= 11 is 0. The predicted molar refractivity (Wildman–Crippen MR) is 144 cm³/mol. The first-order valence-electron chi connectivity index (χ1n) is 11.5. The van der Waals surface area contributed by atoms with Crippen LogP contribution in [0.4, 0.5) is 5.82 Å². The quantitative estimate of drug-likeness (QED) is 0.389. The van der Waals surface area contributed by atoms with Crippen molar-refractivity contribution in [2.45, 2.75) is 52.0 Å². The molecule has 3 N–H and O–H groups in total. The standard InChI is InChI=1S/C26H32N4O5S.3H2/c1-16-14-17(2)23(18(3)15-16)35-25-19(10-11-20(28-25)26(4,5)6)24(32)30-36(33,34)22-9-7-8-21(29-22)27-12-13-31;;;/h7-11,14-15,31H,12-13H2,1-6H3,(H,27,29)(H,30,32);3*1H. The van der Waals surface area contributed by atoms with E-state index in [1.807, 2.05) is 53.7 Å². The second kappa shape index (κ2) is 10.6. The number of aliphatic hydroxyl groups excluding tert-OH is 1. The fourth-order valence-corrected chi connectivity index (χ4v) is 4.54. The van der Waals surface area contributed by atoms with Crippen molar-refractivity contribution in [3.63, 3.8) is 0 Å². The van der Waals surface area contributed by atoms with Gasteiger partial charge in [0, 0.05) is 21.9 Å². The van der Waals surface area contributed by atoms with Crippen molar-refractivity contribution >= 4 is 21.7 Å². The molecule has 10 heteroatoms. The first-order valence-corrected chi connectivity index (χ1v) is 13.0. The lowest BCUT2D eigenvalue weighted by Gasteiger charge is -2.21. The number of aliphatic hydroxyl groups is 1. The molecule has 36 heavy (non-hydrogen) atoms. The van der Waals surface area contributed by atoms with Crippen LogP contribution < -0.4 is 14.8 Å². The molecule has 0 unspecified atom stereocenters. The zero-order valence-corrected chi connectivity index (χ0v) is 22.2. The van der Waals surface area contributed by atoms with Crippen LogP contribution in [0.15, 0.2) is 47.5 Å². The van der Waals surface area contributed by atoms with E-state index in [1.54, 1.807) is 12.1 Å². The van der Waals surface area contributed by atoms with E-state index < -0.39 is 15.9 Å². The molecule has 2 heterocycles. The normalized spacial score (nSPS) is 11.8. The average molecular weight is 519 g/mol. The van der Waals surface area contributed by atoms with Gasteiger partial charge in [0.2, 0.25) is 5.88 Å². The Morgan fingerprint density at radius 1 is 1.06 bits per heavy atom. The number of carbonyl (C=O) groups is 1. The second-order valence-electron chi connectivity index (χ2n) is 9.58. The fourth-order valence-electron chi connectivity index (χ4n) is 3.61. The van der Waals surface area contributed by atoms with Crippen LogP contribution in [0.3, 0.4) is 0 Å². The third-order valence-corrected chi connectivity index (χ3v) is 6.55. The van der Waals surface area contributed by atoms with E-state index in [1.165, 1.54) is 18.2 Å². The number of amides is 1. The summed E-state index contributed by atoms with van der Waals surface area (Å²) in [5.41, 5.74) is 3.13. The highest BCUT2D eigenvalue weighted by Gasteiger charge is 2.26. The topological polar surface area (TPSA) is 131 Å². The van der Waals surface area contributed by atoms with E-state index in [4.69, 9.17) is 9.84 Å². The van der Waals surface area contributed by atoms with Crippen LogP contribution in [0.1, 0.15) is 57.8 Å². The van der Waals surface area contributed by atoms with Gasteiger partial charge in [-0.3, -0.25) is 4.79 Å². The van der Waals surface area contributed by atoms with Gasteiger partial charge in [-0.2, -0.15) is 8.42 Å². The smallest absolute Gasteiger partial charge is 0.281 e. The van der Waals surface area contributed by atoms with Gasteiger partial charge in [0.1, 0.15) is 17.1 Å². The number of benzene rings is 1. The summed E-state index contributed by atoms with van der Waals surface area (Å²) in [6.45, 7) is 11.8. The molecule has 1 amide bonds. The number of rotatable bonds is 8. The predicted octanol–water partition coefficient (Wildman–Crippen LogP) is 4.75. The molecule has 0 bridgehead atoms. The van der Waals surface area contributed by atoms with Crippen LogP contribution in [-0.2, 0) is 15.4 Å². The maximum Gasteiger partial charge on any atom is 0.281 e. The lowest BCUT2D eigenvalue weighted by atomic mass is 9.91. The first-order chi connectivity index (χ1) is 16.8. The number of carbonyl (C=O) groups excluding carboxylic acids is 1. The van der Waals surface area contributed by atoms with Crippen molar-refractivity contribution in [1.29, 1.82) is 0 Å². The van der Waals surface area contributed by atoms with Crippen LogP contribution in [-0.4, -0.2) is 42.6 Å². The van der Waals surface area contributed by atoms with Crippen molar-refractivity contribution in [1.82, 2.24) is 14.7 Å². The van der Waals surface area contributed by atoms with Gasteiger partial charge < -0.3 is 15.2 Å². The fraction of sp³-hybridized carbons (Fsp3) is 0.346. The number of nitrogens with zero attached hydrogens (tertiary/aromatic N) is 2. The highest BCUT2D eigenvalue weighted by atomic mass is 32.2. The monoisotopic (exact) mass is 518 g/mol. The Hall–Kier alpha value is -3.50. The summed E-state index contributed by atoms with van der Waals surface area (Å²) in [5.74, 6) is -0.0716. The summed E-state index contributed by atoms with van der Waals surface area (Å²) in [7, 11) is -4.30. The van der Waals surface area contributed by atoms with Crippen LogP contribution in [0, 0.1) is 20.8 Å². The van der Waals surface area contributed by atoms with E-state index in [2.05, 4.69) is 20.0 Å². The third-order valence-electron chi connectivity index (χ3n) is 5.32. The highest BCUT2D eigenvalue weighted by Crippen LogP contribution is 2.33. The number of pyridine rings is 2. The van der Waals surface area contributed by atoms with E-state index in [0.29, 0.717) is 11.4 Å². The number of sulfonamides is 1. The summed E-state index contributed by atoms with van der Waals surface area (Å²) in [5, 5.41) is 11.4. The molecule has 0 fully saturated rings. The van der Waals surface area contributed by atoms with Gasteiger partial charge in [0.15, 0.2) is 5.03 Å². The molecule has 3 aromatic rings. The van der Waals surface area contributed by atoms with E-state index >= 15 is 0 Å². The number of anilines is 1. The average Bonchev–Trinajstić information content (AvgIpc) is 2.79. The molecule has 0 radical (unpaired) electrons. The van der Waals surface area contributed by atoms with Gasteiger partial charge in [-0.1, -0.05) is 44.5 Å². The number of nitrogens with one attached hydrogen (secondary N) is 2. The molecular formula is C26H38N4O5S. The maximum atomic E-state index is 13.2. The van der Waals surface area contributed by atoms with Crippen molar-refractivity contribution in [2.75, 3.05) is 18.5 Å². The van der Waals surface area contributed by atoms with E-state index in [9.17, 15) is 13.2 Å². The Kier molecular flexibility index (Phi) is 8.00. The number of hydrogen-bond donors (Lipinski definition) is 3. The minimum absolute atomic E-state index is 0. The first kappa shape index (κ1) is 27.1. The molecule has 0 saturated carbocycles. The molecule has 0 aliphatic heterocycles. The summed E-state index contributed by atoms with van der Waals surface area (Å²) in [6.07, 6.45) is 0. The zero-order valence-electron chi connectivity index (χ0n) is 21.3. The maximum absolute atomic E-state index is 13.2. The van der Waals surface area contributed by atoms with Gasteiger partial charge in [0.05, 0.1) is 6.61 Å². The molecule has 2 aromatic heterocycles. The van der Waals surface area contributed by atoms with E-state index in [-0.39, 0.29) is 45.1 Å². The van der Waals surface area contributed by atoms with E-state index in [0.717, 1.165) is 16.7 Å². The molecule has 0 saturated heterocycles. The minimum Gasteiger partial charge on any atom is -0.438 e. The largest absolute Gasteiger partial charge is 0.438 e. The summed E-state index contributed by atoms with van der Waals surface area (Å²) in [6, 6.07) is 11.4.